The summed E-state index contributed by atoms with van der Waals surface area (Å²) in [6, 6.07) is 18.0. The van der Waals surface area contributed by atoms with Crippen molar-refractivity contribution in [2.24, 2.45) is 13.0 Å². The number of hydrogen-bond donors (Lipinski definition) is 1. The van der Waals surface area contributed by atoms with Gasteiger partial charge in [-0.1, -0.05) is 36.4 Å². The maximum atomic E-state index is 13.0. The Hall–Kier alpha value is -2.37. The molecule has 2 aromatic heterocycles. The second kappa shape index (κ2) is 7.71. The average Bonchev–Trinajstić information content (AvgIpc) is 3.38. The molecule has 1 fully saturated rings. The highest BCUT2D eigenvalue weighted by atomic mass is 32.1. The Balaban J connectivity index is 1.44. The van der Waals surface area contributed by atoms with Crippen molar-refractivity contribution in [3.63, 3.8) is 0 Å². The van der Waals surface area contributed by atoms with Gasteiger partial charge in [-0.05, 0) is 47.9 Å². The third-order valence-corrected chi connectivity index (χ3v) is 6.46. The number of hydrogen-bond acceptors (Lipinski definition) is 3. The molecule has 1 saturated heterocycles. The van der Waals surface area contributed by atoms with Crippen LogP contribution in [0, 0.1) is 5.92 Å². The molecule has 4 rings (SSSR count). The van der Waals surface area contributed by atoms with E-state index < -0.39 is 6.10 Å². The molecular formula is C22H24N2O2S. The summed E-state index contributed by atoms with van der Waals surface area (Å²) in [5.74, 6) is 0.296. The fourth-order valence-corrected chi connectivity index (χ4v) is 4.70. The number of piperidine rings is 1. The first kappa shape index (κ1) is 18.0. The van der Waals surface area contributed by atoms with Crippen LogP contribution in [0.4, 0.5) is 0 Å². The second-order valence-electron chi connectivity index (χ2n) is 7.12. The average molecular weight is 381 g/mol. The molecule has 0 radical (unpaired) electrons. The largest absolute Gasteiger partial charge is 0.387 e. The number of likely N-dealkylation sites (tertiary alicyclic amines) is 1. The summed E-state index contributed by atoms with van der Waals surface area (Å²) in [7, 11) is 1.95. The first-order valence-electron chi connectivity index (χ1n) is 9.37. The Morgan fingerprint density at radius 2 is 1.81 bits per heavy atom. The second-order valence-corrected chi connectivity index (χ2v) is 8.10. The van der Waals surface area contributed by atoms with E-state index in [2.05, 4.69) is 12.1 Å². The Labute approximate surface area is 163 Å². The van der Waals surface area contributed by atoms with Crippen LogP contribution in [0.15, 0.2) is 60.0 Å². The topological polar surface area (TPSA) is 45.5 Å². The minimum Gasteiger partial charge on any atom is -0.387 e. The van der Waals surface area contributed by atoms with Crippen molar-refractivity contribution in [3.8, 4) is 11.3 Å². The molecule has 3 aromatic rings. The first-order valence-corrected chi connectivity index (χ1v) is 10.2. The van der Waals surface area contributed by atoms with Crippen LogP contribution in [-0.2, 0) is 7.05 Å². The number of carbonyl (C=O) groups is 1. The number of thiophene rings is 1. The standard InChI is InChI=1S/C22H24N2O2S/c1-23-18(16-6-3-2-4-7-16)9-10-19(23)22(26)24-13-11-17(12-14-24)21(25)20-8-5-15-27-20/h2-10,15,17,21,25H,11-14H2,1H3. The van der Waals surface area contributed by atoms with Crippen molar-refractivity contribution in [1.82, 2.24) is 9.47 Å². The van der Waals surface area contributed by atoms with Crippen molar-refractivity contribution < 1.29 is 9.90 Å². The number of amides is 1. The number of benzene rings is 1. The molecule has 1 amide bonds. The molecule has 0 spiro atoms. The van der Waals surface area contributed by atoms with E-state index in [1.165, 1.54) is 0 Å². The van der Waals surface area contributed by atoms with Gasteiger partial charge in [0.15, 0.2) is 0 Å². The van der Waals surface area contributed by atoms with Gasteiger partial charge in [0.2, 0.25) is 0 Å². The number of carbonyl (C=O) groups excluding carboxylic acids is 1. The van der Waals surface area contributed by atoms with E-state index in [0.29, 0.717) is 18.8 Å². The van der Waals surface area contributed by atoms with Gasteiger partial charge in [-0.2, -0.15) is 0 Å². The minimum atomic E-state index is -0.415. The zero-order valence-corrected chi connectivity index (χ0v) is 16.2. The maximum absolute atomic E-state index is 13.0. The quantitative estimate of drug-likeness (QED) is 0.732. The van der Waals surface area contributed by atoms with Gasteiger partial charge in [0.25, 0.3) is 5.91 Å². The number of nitrogens with zero attached hydrogens (tertiary/aromatic N) is 2. The molecule has 1 N–H and O–H groups in total. The van der Waals surface area contributed by atoms with Crippen molar-refractivity contribution in [1.29, 1.82) is 0 Å². The molecule has 1 aromatic carbocycles. The van der Waals surface area contributed by atoms with Gasteiger partial charge < -0.3 is 14.6 Å². The number of rotatable bonds is 4. The van der Waals surface area contributed by atoms with E-state index in [4.69, 9.17) is 0 Å². The third kappa shape index (κ3) is 3.57. The zero-order chi connectivity index (χ0) is 18.8. The highest BCUT2D eigenvalue weighted by molar-refractivity contribution is 7.10. The van der Waals surface area contributed by atoms with Crippen molar-refractivity contribution in [3.05, 3.63) is 70.5 Å². The van der Waals surface area contributed by atoms with Crippen LogP contribution in [-0.4, -0.2) is 33.6 Å². The SMILES string of the molecule is Cn1c(C(=O)N2CCC(C(O)c3cccs3)CC2)ccc1-c1ccccc1. The molecule has 0 aliphatic carbocycles. The molecule has 4 nitrogen and oxygen atoms in total. The van der Waals surface area contributed by atoms with E-state index in [1.54, 1.807) is 11.3 Å². The molecule has 5 heteroatoms. The first-order chi connectivity index (χ1) is 13.1. The summed E-state index contributed by atoms with van der Waals surface area (Å²) in [5.41, 5.74) is 2.87. The number of aliphatic hydroxyl groups is 1. The van der Waals surface area contributed by atoms with Gasteiger partial charge in [-0.3, -0.25) is 4.79 Å². The molecule has 3 heterocycles. The van der Waals surface area contributed by atoms with Crippen molar-refractivity contribution in [2.75, 3.05) is 13.1 Å². The van der Waals surface area contributed by atoms with Gasteiger partial charge in [-0.15, -0.1) is 11.3 Å². The number of aromatic nitrogens is 1. The summed E-state index contributed by atoms with van der Waals surface area (Å²) in [6.07, 6.45) is 1.25. The van der Waals surface area contributed by atoms with Gasteiger partial charge in [-0.25, -0.2) is 0 Å². The van der Waals surface area contributed by atoms with Crippen LogP contribution in [0.1, 0.15) is 34.3 Å². The van der Waals surface area contributed by atoms with E-state index in [9.17, 15) is 9.90 Å². The number of aliphatic hydroxyl groups excluding tert-OH is 1. The Morgan fingerprint density at radius 1 is 1.07 bits per heavy atom. The van der Waals surface area contributed by atoms with Crippen LogP contribution < -0.4 is 0 Å². The smallest absolute Gasteiger partial charge is 0.270 e. The molecular weight excluding hydrogens is 356 g/mol. The summed E-state index contributed by atoms with van der Waals surface area (Å²) in [5, 5.41) is 12.5. The fraction of sp³-hybridized carbons (Fsp3) is 0.318. The third-order valence-electron chi connectivity index (χ3n) is 5.52. The van der Waals surface area contributed by atoms with E-state index in [-0.39, 0.29) is 11.8 Å². The highest BCUT2D eigenvalue weighted by Crippen LogP contribution is 2.33. The van der Waals surface area contributed by atoms with Gasteiger partial charge in [0.05, 0.1) is 6.10 Å². The Bertz CT molecular complexity index is 894. The normalized spacial score (nSPS) is 16.4. The molecule has 27 heavy (non-hydrogen) atoms. The summed E-state index contributed by atoms with van der Waals surface area (Å²) in [4.78, 5) is 16.0. The van der Waals surface area contributed by atoms with Crippen LogP contribution in [0.2, 0.25) is 0 Å². The lowest BCUT2D eigenvalue weighted by Crippen LogP contribution is -2.40. The Morgan fingerprint density at radius 3 is 2.48 bits per heavy atom. The molecule has 1 atom stereocenters. The van der Waals surface area contributed by atoms with E-state index >= 15 is 0 Å². The van der Waals surface area contributed by atoms with Crippen LogP contribution in [0.5, 0.6) is 0 Å². The minimum absolute atomic E-state index is 0.0729. The predicted molar refractivity (Wildman–Crippen MR) is 109 cm³/mol. The molecule has 140 valence electrons. The molecule has 0 saturated carbocycles. The van der Waals surface area contributed by atoms with Crippen molar-refractivity contribution in [2.45, 2.75) is 18.9 Å². The lowest BCUT2D eigenvalue weighted by molar-refractivity contribution is 0.0468. The summed E-state index contributed by atoms with van der Waals surface area (Å²) in [6.45, 7) is 1.38. The van der Waals surface area contributed by atoms with Crippen molar-refractivity contribution >= 4 is 17.2 Å². The lowest BCUT2D eigenvalue weighted by atomic mass is 9.90. The maximum Gasteiger partial charge on any atom is 0.270 e. The summed E-state index contributed by atoms with van der Waals surface area (Å²) >= 11 is 1.60. The lowest BCUT2D eigenvalue weighted by Gasteiger charge is -2.34. The van der Waals surface area contributed by atoms with Crippen LogP contribution in [0.3, 0.4) is 0 Å². The molecule has 1 unspecified atom stereocenters. The molecule has 0 bridgehead atoms. The van der Waals surface area contributed by atoms with Gasteiger partial charge in [0, 0.05) is 30.7 Å². The van der Waals surface area contributed by atoms with Gasteiger partial charge in [0.1, 0.15) is 5.69 Å². The summed E-state index contributed by atoms with van der Waals surface area (Å²) < 4.78 is 1.98. The fourth-order valence-electron chi connectivity index (χ4n) is 3.90. The predicted octanol–water partition coefficient (Wildman–Crippen LogP) is 4.34. The van der Waals surface area contributed by atoms with E-state index in [0.717, 1.165) is 29.0 Å². The zero-order valence-electron chi connectivity index (χ0n) is 15.4. The van der Waals surface area contributed by atoms with E-state index in [1.807, 2.05) is 64.4 Å². The molecule has 1 aliphatic rings. The van der Waals surface area contributed by atoms with Gasteiger partial charge >= 0.3 is 0 Å². The molecule has 1 aliphatic heterocycles. The van der Waals surface area contributed by atoms with Crippen LogP contribution in [0.25, 0.3) is 11.3 Å². The Kier molecular flexibility index (Phi) is 5.14. The monoisotopic (exact) mass is 380 g/mol. The van der Waals surface area contributed by atoms with Crippen LogP contribution >= 0.6 is 11.3 Å². The highest BCUT2D eigenvalue weighted by Gasteiger charge is 2.30.